The van der Waals surface area contributed by atoms with Gasteiger partial charge in [-0.15, -0.1) is 0 Å². The number of carbonyl (C=O) groups is 2. The number of nitrogens with zero attached hydrogens (tertiary/aromatic N) is 5. The van der Waals surface area contributed by atoms with Gasteiger partial charge in [-0.25, -0.2) is 0 Å². The molecule has 2 aromatic carbocycles. The maximum atomic E-state index is 11.7. The third-order valence-electron chi connectivity index (χ3n) is 11.5. The number of carboxylic acid groups (broad SMARTS) is 2. The quantitative estimate of drug-likeness (QED) is 0.101. The van der Waals surface area contributed by atoms with Crippen LogP contribution in [0.15, 0.2) is 34.3 Å². The van der Waals surface area contributed by atoms with Crippen LogP contribution in [0.25, 0.3) is 0 Å². The first-order valence-electron chi connectivity index (χ1n) is 21.5. The average molecular weight is 855 g/mol. The monoisotopic (exact) mass is 854 g/mol. The van der Waals surface area contributed by atoms with Crippen LogP contribution in [-0.2, 0) is 49.6 Å². The van der Waals surface area contributed by atoms with E-state index in [1.807, 2.05) is 12.4 Å². The molecule has 2 aromatic rings. The number of guanidine groups is 1. The molecular weight excluding hydrogens is 783 g/mol. The molecule has 5 rings (SSSR count). The zero-order valence-corrected chi connectivity index (χ0v) is 38.8. The molecule has 1 saturated carbocycles. The summed E-state index contributed by atoms with van der Waals surface area (Å²) in [6.45, 7) is 28.7. The van der Waals surface area contributed by atoms with E-state index in [0.29, 0.717) is 11.5 Å². The first-order chi connectivity index (χ1) is 27.1. The predicted octanol–water partition coefficient (Wildman–Crippen LogP) is 8.12. The second-order valence-electron chi connectivity index (χ2n) is 19.4. The van der Waals surface area contributed by atoms with E-state index >= 15 is 0 Å². The van der Waals surface area contributed by atoms with Gasteiger partial charge in [0.15, 0.2) is 0 Å². The number of aromatic hydroxyl groups is 2. The van der Waals surface area contributed by atoms with E-state index in [9.17, 15) is 19.8 Å². The number of carboxylic acids is 2. The SMILES string of the molecule is CCN1CCC[N+]2=C1N(CCCc1cc(C(C)(C)C)cc(C=NC3CCCCC3N=Cc3cc(C(C)(C)C)cc(C(C)(C)C)c3O)c1O)CCC2.O=C(O)CC(=O)O.[Cr]. The van der Waals surface area contributed by atoms with E-state index < -0.39 is 18.4 Å². The Hall–Kier alpha value is -3.88. The van der Waals surface area contributed by atoms with Gasteiger partial charge in [-0.1, -0.05) is 87.3 Å². The van der Waals surface area contributed by atoms with Gasteiger partial charge in [-0.2, -0.15) is 0 Å². The summed E-state index contributed by atoms with van der Waals surface area (Å²) in [5.41, 5.74) is 5.69. The van der Waals surface area contributed by atoms with E-state index in [-0.39, 0.29) is 45.7 Å². The summed E-state index contributed by atoms with van der Waals surface area (Å²) in [6, 6.07) is 8.67. The van der Waals surface area contributed by atoms with Crippen molar-refractivity contribution in [3.63, 3.8) is 0 Å². The molecule has 2 atom stereocenters. The Labute approximate surface area is 364 Å². The van der Waals surface area contributed by atoms with Gasteiger partial charge in [-0.05, 0) is 77.7 Å². The fraction of sp³-hybridized carbons (Fsp3) is 0.638. The summed E-state index contributed by atoms with van der Waals surface area (Å²) < 4.78 is 2.58. The van der Waals surface area contributed by atoms with Crippen molar-refractivity contribution in [2.24, 2.45) is 9.98 Å². The Balaban J connectivity index is 0.00000107. The third kappa shape index (κ3) is 13.8. The molecule has 1 fully saturated rings. The van der Waals surface area contributed by atoms with Crippen molar-refractivity contribution < 1.29 is 52.0 Å². The third-order valence-corrected chi connectivity index (χ3v) is 11.5. The molecule has 3 aliphatic rings. The van der Waals surface area contributed by atoms with Crippen LogP contribution < -0.4 is 0 Å². The van der Waals surface area contributed by atoms with Gasteiger partial charge >= 0.3 is 17.9 Å². The Kier molecular flexibility index (Phi) is 17.7. The second kappa shape index (κ2) is 21.1. The maximum absolute atomic E-state index is 11.7. The minimum Gasteiger partial charge on any atom is -0.507 e. The molecule has 59 heavy (non-hydrogen) atoms. The summed E-state index contributed by atoms with van der Waals surface area (Å²) in [5.74, 6) is -0.516. The molecule has 326 valence electrons. The predicted molar refractivity (Wildman–Crippen MR) is 235 cm³/mol. The Bertz CT molecular complexity index is 1840. The van der Waals surface area contributed by atoms with Crippen LogP contribution >= 0.6 is 0 Å². The number of phenols is 2. The van der Waals surface area contributed by atoms with Crippen LogP contribution in [0.4, 0.5) is 0 Å². The Morgan fingerprint density at radius 2 is 1.22 bits per heavy atom. The van der Waals surface area contributed by atoms with Crippen LogP contribution in [0.2, 0.25) is 0 Å². The largest absolute Gasteiger partial charge is 0.507 e. The van der Waals surface area contributed by atoms with Crippen molar-refractivity contribution in [2.45, 2.75) is 155 Å². The summed E-state index contributed by atoms with van der Waals surface area (Å²) in [6.07, 6.45) is 11.4. The molecule has 0 bridgehead atoms. The van der Waals surface area contributed by atoms with E-state index in [0.717, 1.165) is 100 Å². The van der Waals surface area contributed by atoms with Crippen molar-refractivity contribution in [2.75, 3.05) is 39.3 Å². The molecule has 2 unspecified atom stereocenters. The number of aliphatic imine (C=N–C) groups is 2. The zero-order chi connectivity index (χ0) is 43.0. The standard InChI is InChI=1S/C44H67N5O2.C3H4O4.Cr/c1-11-47-21-15-22-49-24-16-23-48(41(47)49)20-14-17-31-25-34(42(2,3)4)26-32(39(31)50)29-45-37-18-12-13-19-38(37)46-30-33-27-35(43(5,6)7)28-36(40(33)51)44(8,9)10;4-2(5)1-3(6)7;/h25-30,37-38H,11-24H2,1-10H3,(H-,45,46,50,51);1H2,(H,4,5)(H,6,7);/p+1. The van der Waals surface area contributed by atoms with Crippen molar-refractivity contribution in [1.82, 2.24) is 9.80 Å². The summed E-state index contributed by atoms with van der Waals surface area (Å²) in [7, 11) is 0. The first kappa shape index (κ1) is 49.5. The summed E-state index contributed by atoms with van der Waals surface area (Å²) in [5, 5.41) is 38.4. The van der Waals surface area contributed by atoms with Crippen LogP contribution in [0, 0.1) is 0 Å². The van der Waals surface area contributed by atoms with Gasteiger partial charge in [0.1, 0.15) is 17.9 Å². The van der Waals surface area contributed by atoms with E-state index in [4.69, 9.17) is 20.2 Å². The molecule has 0 radical (unpaired) electrons. The van der Waals surface area contributed by atoms with Crippen molar-refractivity contribution >= 4 is 30.3 Å². The summed E-state index contributed by atoms with van der Waals surface area (Å²) in [4.78, 5) is 34.2. The normalized spacial score (nSPS) is 19.0. The molecule has 2 aliphatic heterocycles. The molecule has 2 heterocycles. The zero-order valence-electron chi connectivity index (χ0n) is 37.5. The van der Waals surface area contributed by atoms with E-state index in [1.165, 1.54) is 29.9 Å². The average Bonchev–Trinajstić information content (AvgIpc) is 3.13. The molecule has 0 saturated heterocycles. The van der Waals surface area contributed by atoms with Gasteiger partial charge in [-0.3, -0.25) is 33.9 Å². The molecule has 1 aliphatic carbocycles. The summed E-state index contributed by atoms with van der Waals surface area (Å²) >= 11 is 0. The smallest absolute Gasteiger partial charge is 0.350 e. The van der Waals surface area contributed by atoms with Crippen molar-refractivity contribution in [3.05, 3.63) is 57.6 Å². The van der Waals surface area contributed by atoms with Crippen LogP contribution in [-0.4, -0.2) is 116 Å². The first-order valence-corrected chi connectivity index (χ1v) is 21.5. The Morgan fingerprint density at radius 3 is 1.68 bits per heavy atom. The van der Waals surface area contributed by atoms with Crippen molar-refractivity contribution in [3.8, 4) is 11.5 Å². The maximum Gasteiger partial charge on any atom is 0.350 e. The number of phenolic OH excluding ortho intramolecular Hbond substituents is 2. The van der Waals surface area contributed by atoms with Gasteiger partial charge in [0.2, 0.25) is 0 Å². The molecular formula is C47H72CrN5O6+. The molecule has 0 spiro atoms. The minimum absolute atomic E-state index is 0. The van der Waals surface area contributed by atoms with Crippen LogP contribution in [0.3, 0.4) is 0 Å². The molecule has 12 heteroatoms. The fourth-order valence-electron chi connectivity index (χ4n) is 8.11. The molecule has 0 amide bonds. The number of rotatable bonds is 11. The molecule has 11 nitrogen and oxygen atoms in total. The molecule has 0 aromatic heterocycles. The van der Waals surface area contributed by atoms with Crippen LogP contribution in [0.5, 0.6) is 11.5 Å². The van der Waals surface area contributed by atoms with Gasteiger partial charge in [0, 0.05) is 59.3 Å². The van der Waals surface area contributed by atoms with Gasteiger partial charge in [0.05, 0.1) is 51.4 Å². The van der Waals surface area contributed by atoms with Crippen LogP contribution in [0.1, 0.15) is 154 Å². The van der Waals surface area contributed by atoms with Gasteiger partial charge < -0.3 is 20.4 Å². The van der Waals surface area contributed by atoms with Crippen molar-refractivity contribution in [1.29, 1.82) is 0 Å². The molecule has 4 N–H and O–H groups in total. The number of aryl methyl sites for hydroxylation is 1. The number of hydrogen-bond acceptors (Lipinski definition) is 8. The number of hydrogen-bond donors (Lipinski definition) is 4. The second-order valence-corrected chi connectivity index (χ2v) is 19.4. The number of aliphatic carboxylic acids is 2. The van der Waals surface area contributed by atoms with Gasteiger partial charge in [0.25, 0.3) is 0 Å². The number of benzene rings is 2. The minimum atomic E-state index is -1.31. The fourth-order valence-corrected chi connectivity index (χ4v) is 8.11. The Morgan fingerprint density at radius 1 is 0.729 bits per heavy atom. The van der Waals surface area contributed by atoms with E-state index in [1.54, 1.807) is 0 Å². The van der Waals surface area contributed by atoms with E-state index in [2.05, 4.69) is 108 Å². The topological polar surface area (TPSA) is 149 Å².